The molecule has 36 heavy (non-hydrogen) atoms. The van der Waals surface area contributed by atoms with E-state index in [2.05, 4.69) is 20.9 Å². The van der Waals surface area contributed by atoms with Crippen molar-refractivity contribution in [2.24, 2.45) is 33.8 Å². The summed E-state index contributed by atoms with van der Waals surface area (Å²) >= 11 is 0. The Balaban J connectivity index is 5.72. The zero-order chi connectivity index (χ0) is 28.0. The summed E-state index contributed by atoms with van der Waals surface area (Å²) in [5, 5.41) is 25.1. The van der Waals surface area contributed by atoms with E-state index < -0.39 is 78.5 Å². The molecule has 4 amide bonds. The molecule has 16 nitrogen and oxygen atoms in total. The van der Waals surface area contributed by atoms with Crippen LogP contribution in [0.15, 0.2) is 4.99 Å². The van der Waals surface area contributed by atoms with Crippen molar-refractivity contribution < 1.29 is 39.0 Å². The number of carbonyl (C=O) groups excluding carboxylic acids is 4. The van der Waals surface area contributed by atoms with Crippen LogP contribution in [0.3, 0.4) is 0 Å². The number of aliphatic imine (C=N–C) groups is 1. The van der Waals surface area contributed by atoms with E-state index in [0.29, 0.717) is 6.42 Å². The predicted molar refractivity (Wildman–Crippen MR) is 127 cm³/mol. The van der Waals surface area contributed by atoms with E-state index in [4.69, 9.17) is 28.0 Å². The minimum atomic E-state index is -1.63. The summed E-state index contributed by atoms with van der Waals surface area (Å²) in [6.45, 7) is 3.49. The second-order valence-electron chi connectivity index (χ2n) is 8.16. The van der Waals surface area contributed by atoms with Crippen LogP contribution in [0.1, 0.15) is 46.0 Å². The van der Waals surface area contributed by atoms with Crippen molar-refractivity contribution >= 4 is 41.5 Å². The van der Waals surface area contributed by atoms with E-state index in [9.17, 15) is 33.9 Å². The van der Waals surface area contributed by atoms with Gasteiger partial charge in [0, 0.05) is 6.54 Å². The van der Waals surface area contributed by atoms with Crippen molar-refractivity contribution in [3.05, 3.63) is 0 Å². The van der Waals surface area contributed by atoms with Gasteiger partial charge in [-0.25, -0.2) is 4.79 Å². The zero-order valence-corrected chi connectivity index (χ0v) is 20.2. The average Bonchev–Trinajstić information content (AvgIpc) is 2.76. The Hall–Kier alpha value is -3.95. The molecular formula is C20H36N8O8. The molecular weight excluding hydrogens is 480 g/mol. The lowest BCUT2D eigenvalue weighted by molar-refractivity contribution is -0.143. The smallest absolute Gasteiger partial charge is 0.326 e. The Morgan fingerprint density at radius 3 is 1.92 bits per heavy atom. The zero-order valence-electron chi connectivity index (χ0n) is 20.2. The maximum Gasteiger partial charge on any atom is 0.326 e. The van der Waals surface area contributed by atoms with Gasteiger partial charge in [0.05, 0.1) is 18.9 Å². The first-order valence-electron chi connectivity index (χ1n) is 11.1. The fourth-order valence-corrected chi connectivity index (χ4v) is 2.95. The third-order valence-electron chi connectivity index (χ3n) is 5.12. The van der Waals surface area contributed by atoms with Crippen molar-refractivity contribution in [1.82, 2.24) is 16.0 Å². The molecule has 204 valence electrons. The second kappa shape index (κ2) is 15.9. The van der Waals surface area contributed by atoms with Crippen LogP contribution in [0.4, 0.5) is 0 Å². The normalized spacial score (nSPS) is 14.8. The molecule has 0 aliphatic rings. The van der Waals surface area contributed by atoms with Gasteiger partial charge in [0.15, 0.2) is 5.96 Å². The van der Waals surface area contributed by atoms with Gasteiger partial charge in [-0.2, -0.15) is 0 Å². The largest absolute Gasteiger partial charge is 0.481 e. The molecule has 13 N–H and O–H groups in total. The summed E-state index contributed by atoms with van der Waals surface area (Å²) in [5.41, 5.74) is 21.1. The number of nitrogens with zero attached hydrogens (tertiary/aromatic N) is 1. The molecule has 0 saturated carbocycles. The Bertz CT molecular complexity index is 846. The second-order valence-corrected chi connectivity index (χ2v) is 8.16. The number of primary amides is 1. The molecule has 0 aliphatic carbocycles. The first-order valence-corrected chi connectivity index (χ1v) is 11.1. The summed E-state index contributed by atoms with van der Waals surface area (Å²) < 4.78 is 0. The molecule has 0 aliphatic heterocycles. The highest BCUT2D eigenvalue weighted by molar-refractivity contribution is 5.95. The maximum absolute atomic E-state index is 13.1. The van der Waals surface area contributed by atoms with E-state index in [1.807, 2.05) is 0 Å². The van der Waals surface area contributed by atoms with Crippen molar-refractivity contribution in [2.45, 2.75) is 70.1 Å². The van der Waals surface area contributed by atoms with E-state index in [0.717, 1.165) is 0 Å². The van der Waals surface area contributed by atoms with Crippen LogP contribution in [0, 0.1) is 5.92 Å². The number of rotatable bonds is 17. The highest BCUT2D eigenvalue weighted by Gasteiger charge is 2.33. The van der Waals surface area contributed by atoms with Gasteiger partial charge in [-0.15, -0.1) is 0 Å². The van der Waals surface area contributed by atoms with Crippen LogP contribution in [0.2, 0.25) is 0 Å². The molecule has 0 spiro atoms. The number of carboxylic acid groups (broad SMARTS) is 2. The van der Waals surface area contributed by atoms with Crippen LogP contribution >= 0.6 is 0 Å². The van der Waals surface area contributed by atoms with Gasteiger partial charge in [-0.3, -0.25) is 29.0 Å². The summed E-state index contributed by atoms with van der Waals surface area (Å²) in [6.07, 6.45) is -0.742. The molecule has 0 bridgehead atoms. The van der Waals surface area contributed by atoms with Gasteiger partial charge < -0.3 is 49.1 Å². The van der Waals surface area contributed by atoms with Gasteiger partial charge in [-0.1, -0.05) is 20.3 Å². The number of nitrogens with one attached hydrogen (secondary N) is 3. The lowest BCUT2D eigenvalue weighted by Crippen LogP contribution is -2.59. The molecule has 0 heterocycles. The number of hydrogen-bond donors (Lipinski definition) is 9. The Morgan fingerprint density at radius 1 is 0.861 bits per heavy atom. The van der Waals surface area contributed by atoms with E-state index in [1.165, 1.54) is 0 Å². The van der Waals surface area contributed by atoms with Crippen molar-refractivity contribution in [3.8, 4) is 0 Å². The number of carbonyl (C=O) groups is 6. The SMILES string of the molecule is CCC(C)C(NC(=O)C(N)CC(=O)O)C(=O)NC(CCCN=C(N)N)C(=O)NC(CC(N)=O)C(=O)O. The van der Waals surface area contributed by atoms with Gasteiger partial charge in [0.2, 0.25) is 23.6 Å². The van der Waals surface area contributed by atoms with Crippen LogP contribution in [-0.4, -0.2) is 82.5 Å². The molecule has 0 fully saturated rings. The fourth-order valence-electron chi connectivity index (χ4n) is 2.95. The molecule has 0 saturated heterocycles. The quantitative estimate of drug-likeness (QED) is 0.0514. The van der Waals surface area contributed by atoms with Crippen molar-refractivity contribution in [3.63, 3.8) is 0 Å². The number of hydrogen-bond acceptors (Lipinski definition) is 8. The number of guanidine groups is 1. The number of aliphatic carboxylic acids is 2. The first kappa shape index (κ1) is 32.0. The predicted octanol–water partition coefficient (Wildman–Crippen LogP) is -3.70. The van der Waals surface area contributed by atoms with Gasteiger partial charge in [0.1, 0.15) is 18.1 Å². The highest BCUT2D eigenvalue weighted by atomic mass is 16.4. The average molecular weight is 517 g/mol. The van der Waals surface area contributed by atoms with Gasteiger partial charge in [-0.05, 0) is 18.8 Å². The standard InChI is InChI=1S/C20H36N8O8/c1-3-9(2)15(28-16(32)10(21)7-14(30)31)18(34)26-11(5-4-6-25-20(23)24)17(33)27-12(19(35)36)8-13(22)29/h9-12,15H,3-8,21H2,1-2H3,(H2,22,29)(H,26,34)(H,27,33)(H,28,32)(H,30,31)(H,35,36)(H4,23,24,25). The Kier molecular flexibility index (Phi) is 14.1. The molecule has 5 atom stereocenters. The molecule has 5 unspecified atom stereocenters. The maximum atomic E-state index is 13.1. The van der Waals surface area contributed by atoms with Gasteiger partial charge in [0.25, 0.3) is 0 Å². The van der Waals surface area contributed by atoms with E-state index in [1.54, 1.807) is 13.8 Å². The fraction of sp³-hybridized carbons (Fsp3) is 0.650. The summed E-state index contributed by atoms with van der Waals surface area (Å²) in [4.78, 5) is 75.4. The monoisotopic (exact) mass is 516 g/mol. The third kappa shape index (κ3) is 12.5. The minimum absolute atomic E-state index is 0.0308. The van der Waals surface area contributed by atoms with Crippen LogP contribution in [0.5, 0.6) is 0 Å². The number of amides is 4. The van der Waals surface area contributed by atoms with E-state index in [-0.39, 0.29) is 25.3 Å². The molecule has 0 aromatic rings. The Morgan fingerprint density at radius 2 is 1.44 bits per heavy atom. The molecule has 0 aromatic heterocycles. The molecule has 16 heteroatoms. The summed E-state index contributed by atoms with van der Waals surface area (Å²) in [5.74, 6) is -6.99. The van der Waals surface area contributed by atoms with Crippen LogP contribution in [0.25, 0.3) is 0 Å². The van der Waals surface area contributed by atoms with Crippen molar-refractivity contribution in [2.75, 3.05) is 6.54 Å². The molecule has 0 rings (SSSR count). The lowest BCUT2D eigenvalue weighted by atomic mass is 9.97. The first-order chi connectivity index (χ1) is 16.7. The van der Waals surface area contributed by atoms with Crippen LogP contribution in [-0.2, 0) is 28.8 Å². The molecule has 0 aromatic carbocycles. The van der Waals surface area contributed by atoms with Crippen molar-refractivity contribution in [1.29, 1.82) is 0 Å². The topological polar surface area (TPSA) is 295 Å². The Labute approximate surface area is 207 Å². The van der Waals surface area contributed by atoms with Crippen LogP contribution < -0.4 is 38.9 Å². The van der Waals surface area contributed by atoms with Gasteiger partial charge >= 0.3 is 11.9 Å². The lowest BCUT2D eigenvalue weighted by Gasteiger charge is -2.27. The number of nitrogens with two attached hydrogens (primary N) is 4. The third-order valence-corrected chi connectivity index (χ3v) is 5.12. The minimum Gasteiger partial charge on any atom is -0.481 e. The summed E-state index contributed by atoms with van der Waals surface area (Å²) in [7, 11) is 0. The number of carboxylic acids is 2. The summed E-state index contributed by atoms with van der Waals surface area (Å²) in [6, 6.07) is -5.52. The van der Waals surface area contributed by atoms with E-state index >= 15 is 0 Å². The highest BCUT2D eigenvalue weighted by Crippen LogP contribution is 2.10. The molecule has 0 radical (unpaired) electrons.